The van der Waals surface area contributed by atoms with Crippen LogP contribution in [0.1, 0.15) is 37.3 Å². The molecule has 0 aromatic heterocycles. The Labute approximate surface area is 129 Å². The first-order valence-corrected chi connectivity index (χ1v) is 8.14. The molecule has 0 radical (unpaired) electrons. The van der Waals surface area contributed by atoms with Gasteiger partial charge in [0.05, 0.1) is 5.02 Å². The number of hydrogen-bond donors (Lipinski definition) is 1. The fourth-order valence-corrected chi connectivity index (χ4v) is 3.45. The molecule has 2 N–H and O–H groups in total. The molecule has 1 aromatic carbocycles. The van der Waals surface area contributed by atoms with Gasteiger partial charge in [0.15, 0.2) is 0 Å². The van der Waals surface area contributed by atoms with Crippen molar-refractivity contribution >= 4 is 27.5 Å². The molecule has 1 aliphatic rings. The summed E-state index contributed by atoms with van der Waals surface area (Å²) >= 11 is 9.62. The summed E-state index contributed by atoms with van der Waals surface area (Å²) in [7, 11) is 2.17. The van der Waals surface area contributed by atoms with Crippen LogP contribution >= 0.6 is 27.5 Å². The van der Waals surface area contributed by atoms with E-state index in [-0.39, 0.29) is 6.04 Å². The van der Waals surface area contributed by atoms with Crippen LogP contribution < -0.4 is 5.73 Å². The first-order valence-electron chi connectivity index (χ1n) is 6.97. The molecule has 1 aromatic rings. The van der Waals surface area contributed by atoms with Crippen LogP contribution in [0.25, 0.3) is 0 Å². The molecule has 1 saturated carbocycles. The van der Waals surface area contributed by atoms with Crippen molar-refractivity contribution in [2.75, 3.05) is 20.1 Å². The van der Waals surface area contributed by atoms with E-state index < -0.39 is 0 Å². The summed E-state index contributed by atoms with van der Waals surface area (Å²) < 4.78 is 0.937. The molecule has 0 bridgehead atoms. The van der Waals surface area contributed by atoms with Gasteiger partial charge in [0, 0.05) is 23.6 Å². The van der Waals surface area contributed by atoms with Crippen LogP contribution in [0.15, 0.2) is 22.7 Å². The highest BCUT2D eigenvalue weighted by Crippen LogP contribution is 2.30. The Kier molecular flexibility index (Phi) is 5.70. The zero-order chi connectivity index (χ0) is 13.8. The van der Waals surface area contributed by atoms with Gasteiger partial charge in [-0.25, -0.2) is 0 Å². The minimum atomic E-state index is 0.256. The largest absolute Gasteiger partial charge is 0.329 e. The molecule has 1 unspecified atom stereocenters. The highest BCUT2D eigenvalue weighted by atomic mass is 79.9. The first-order chi connectivity index (χ1) is 9.11. The summed E-state index contributed by atoms with van der Waals surface area (Å²) in [5.41, 5.74) is 7.18. The summed E-state index contributed by atoms with van der Waals surface area (Å²) in [6.07, 6.45) is 5.50. The average Bonchev–Trinajstić information content (AvgIpc) is 2.87. The maximum absolute atomic E-state index is 6.18. The van der Waals surface area contributed by atoms with Gasteiger partial charge in [0.2, 0.25) is 0 Å². The Hall–Kier alpha value is -0.0900. The molecule has 4 heteroatoms. The zero-order valence-corrected chi connectivity index (χ0v) is 13.8. The molecule has 0 aliphatic heterocycles. The van der Waals surface area contributed by atoms with Gasteiger partial charge in [-0.05, 0) is 59.4 Å². The second-order valence-corrected chi connectivity index (χ2v) is 6.78. The number of nitrogens with zero attached hydrogens (tertiary/aromatic N) is 1. The standard InChI is InChI=1S/C15H22BrClN2/c1-19(10-11-4-2-3-5-11)15(9-18)12-6-7-13(16)14(17)8-12/h6-8,11,15H,2-5,9-10,18H2,1H3. The molecule has 0 saturated heterocycles. The molecule has 1 atom stereocenters. The first kappa shape index (κ1) is 15.3. The minimum Gasteiger partial charge on any atom is -0.329 e. The molecule has 2 rings (SSSR count). The summed E-state index contributed by atoms with van der Waals surface area (Å²) in [6, 6.07) is 6.39. The van der Waals surface area contributed by atoms with Gasteiger partial charge >= 0.3 is 0 Å². The van der Waals surface area contributed by atoms with Gasteiger partial charge in [-0.3, -0.25) is 4.90 Å². The van der Waals surface area contributed by atoms with E-state index in [9.17, 15) is 0 Å². The van der Waals surface area contributed by atoms with Gasteiger partial charge in [-0.2, -0.15) is 0 Å². The Bertz CT molecular complexity index is 419. The van der Waals surface area contributed by atoms with E-state index in [1.807, 2.05) is 12.1 Å². The van der Waals surface area contributed by atoms with Crippen LogP contribution in [-0.4, -0.2) is 25.0 Å². The maximum Gasteiger partial charge on any atom is 0.0551 e. The third kappa shape index (κ3) is 3.94. The van der Waals surface area contributed by atoms with E-state index in [4.69, 9.17) is 17.3 Å². The summed E-state index contributed by atoms with van der Waals surface area (Å²) in [5, 5.41) is 0.755. The fourth-order valence-electron chi connectivity index (χ4n) is 3.02. The summed E-state index contributed by atoms with van der Waals surface area (Å²) in [6.45, 7) is 1.76. The molecule has 1 fully saturated rings. The van der Waals surface area contributed by atoms with Gasteiger partial charge in [-0.15, -0.1) is 0 Å². The maximum atomic E-state index is 6.18. The van der Waals surface area contributed by atoms with Crippen molar-refractivity contribution in [2.45, 2.75) is 31.7 Å². The second-order valence-electron chi connectivity index (χ2n) is 5.52. The molecule has 0 amide bonds. The van der Waals surface area contributed by atoms with Crippen LogP contribution in [0.4, 0.5) is 0 Å². The Balaban J connectivity index is 2.06. The lowest BCUT2D eigenvalue weighted by atomic mass is 10.0. The highest BCUT2D eigenvalue weighted by Gasteiger charge is 2.22. The molecule has 0 spiro atoms. The summed E-state index contributed by atoms with van der Waals surface area (Å²) in [5.74, 6) is 0.838. The fraction of sp³-hybridized carbons (Fsp3) is 0.600. The number of rotatable bonds is 5. The Morgan fingerprint density at radius 1 is 1.42 bits per heavy atom. The second kappa shape index (κ2) is 7.07. The third-order valence-corrected chi connectivity index (χ3v) is 5.34. The molecule has 0 heterocycles. The van der Waals surface area contributed by atoms with Crippen molar-refractivity contribution in [1.82, 2.24) is 4.90 Å². The van der Waals surface area contributed by atoms with Gasteiger partial charge in [0.1, 0.15) is 0 Å². The van der Waals surface area contributed by atoms with E-state index in [1.54, 1.807) is 0 Å². The lowest BCUT2D eigenvalue weighted by Gasteiger charge is -2.30. The van der Waals surface area contributed by atoms with Gasteiger partial charge in [0.25, 0.3) is 0 Å². The van der Waals surface area contributed by atoms with E-state index in [0.29, 0.717) is 6.54 Å². The van der Waals surface area contributed by atoms with Crippen molar-refractivity contribution in [3.05, 3.63) is 33.3 Å². The lowest BCUT2D eigenvalue weighted by molar-refractivity contribution is 0.212. The molecular formula is C15H22BrClN2. The van der Waals surface area contributed by atoms with Crippen LogP contribution in [0.3, 0.4) is 0 Å². The van der Waals surface area contributed by atoms with Crippen molar-refractivity contribution < 1.29 is 0 Å². The van der Waals surface area contributed by atoms with Gasteiger partial charge < -0.3 is 5.73 Å². The predicted molar refractivity (Wildman–Crippen MR) is 85.5 cm³/mol. The number of nitrogens with two attached hydrogens (primary N) is 1. The highest BCUT2D eigenvalue weighted by molar-refractivity contribution is 9.10. The normalized spacial score (nSPS) is 18.2. The lowest BCUT2D eigenvalue weighted by Crippen LogP contribution is -2.33. The number of hydrogen-bond acceptors (Lipinski definition) is 2. The molecule has 1 aliphatic carbocycles. The van der Waals surface area contributed by atoms with Gasteiger partial charge in [-0.1, -0.05) is 30.5 Å². The smallest absolute Gasteiger partial charge is 0.0551 e. The van der Waals surface area contributed by atoms with E-state index in [1.165, 1.54) is 31.2 Å². The average molecular weight is 346 g/mol. The molecule has 106 valence electrons. The van der Waals surface area contributed by atoms with Crippen molar-refractivity contribution in [3.8, 4) is 0 Å². The van der Waals surface area contributed by atoms with E-state index in [0.717, 1.165) is 22.0 Å². The molecular weight excluding hydrogens is 324 g/mol. The van der Waals surface area contributed by atoms with E-state index >= 15 is 0 Å². The zero-order valence-electron chi connectivity index (χ0n) is 11.4. The van der Waals surface area contributed by atoms with Crippen LogP contribution in [0.5, 0.6) is 0 Å². The van der Waals surface area contributed by atoms with Crippen molar-refractivity contribution in [1.29, 1.82) is 0 Å². The van der Waals surface area contributed by atoms with Crippen molar-refractivity contribution in [3.63, 3.8) is 0 Å². The van der Waals surface area contributed by atoms with E-state index in [2.05, 4.69) is 33.9 Å². The topological polar surface area (TPSA) is 29.3 Å². The SMILES string of the molecule is CN(CC1CCCC1)C(CN)c1ccc(Br)c(Cl)c1. The van der Waals surface area contributed by atoms with Crippen LogP contribution in [0.2, 0.25) is 5.02 Å². The van der Waals surface area contributed by atoms with Crippen molar-refractivity contribution in [2.24, 2.45) is 11.7 Å². The number of benzene rings is 1. The monoisotopic (exact) mass is 344 g/mol. The molecule has 19 heavy (non-hydrogen) atoms. The third-order valence-electron chi connectivity index (χ3n) is 4.10. The number of halogens is 2. The molecule has 2 nitrogen and oxygen atoms in total. The van der Waals surface area contributed by atoms with Crippen LogP contribution in [0, 0.1) is 5.92 Å². The predicted octanol–water partition coefficient (Wildman–Crippen LogP) is 4.22. The number of likely N-dealkylation sites (N-methyl/N-ethyl adjacent to an activating group) is 1. The quantitative estimate of drug-likeness (QED) is 0.865. The Morgan fingerprint density at radius 2 is 2.11 bits per heavy atom. The van der Waals surface area contributed by atoms with Crippen LogP contribution in [-0.2, 0) is 0 Å². The summed E-state index contributed by atoms with van der Waals surface area (Å²) in [4.78, 5) is 2.38. The Morgan fingerprint density at radius 3 is 2.68 bits per heavy atom. The minimum absolute atomic E-state index is 0.256.